The van der Waals surface area contributed by atoms with Gasteiger partial charge in [0.25, 0.3) is 0 Å². The first-order valence-electron chi connectivity index (χ1n) is 6.31. The smallest absolute Gasteiger partial charge is 0.142 e. The Labute approximate surface area is 125 Å². The second kappa shape index (κ2) is 5.26. The molecule has 0 N–H and O–H groups in total. The Hall–Kier alpha value is -0.860. The molecule has 0 saturated heterocycles. The van der Waals surface area contributed by atoms with Crippen LogP contribution >= 0.6 is 27.5 Å². The fourth-order valence-corrected chi connectivity index (χ4v) is 3.82. The van der Waals surface area contributed by atoms with Gasteiger partial charge in [0.1, 0.15) is 5.82 Å². The summed E-state index contributed by atoms with van der Waals surface area (Å²) < 4.78 is 13.5. The topological polar surface area (TPSA) is 0 Å². The highest BCUT2D eigenvalue weighted by atomic mass is 79.9. The number of fused-ring (bicyclic) bond motifs is 1. The van der Waals surface area contributed by atoms with Crippen LogP contribution in [0, 0.1) is 11.7 Å². The van der Waals surface area contributed by atoms with E-state index in [1.54, 1.807) is 6.07 Å². The Balaban J connectivity index is 1.85. The Bertz CT molecular complexity index is 611. The first kappa shape index (κ1) is 13.1. The van der Waals surface area contributed by atoms with Crippen molar-refractivity contribution in [1.29, 1.82) is 0 Å². The third-order valence-electron chi connectivity index (χ3n) is 3.76. The first-order chi connectivity index (χ1) is 9.16. The van der Waals surface area contributed by atoms with Crippen LogP contribution in [0.4, 0.5) is 4.39 Å². The minimum Gasteiger partial charge on any atom is -0.205 e. The van der Waals surface area contributed by atoms with Crippen molar-refractivity contribution in [2.24, 2.45) is 5.92 Å². The molecule has 1 aliphatic rings. The average molecular weight is 340 g/mol. The molecule has 1 aliphatic carbocycles. The SMILES string of the molecule is Fc1cccc(CC2Cc3ccccc3C2Br)c1Cl. The third kappa shape index (κ3) is 2.44. The van der Waals surface area contributed by atoms with Gasteiger partial charge in [0, 0.05) is 4.83 Å². The number of hydrogen-bond donors (Lipinski definition) is 0. The zero-order valence-electron chi connectivity index (χ0n) is 10.2. The highest BCUT2D eigenvalue weighted by Gasteiger charge is 2.30. The molecule has 2 atom stereocenters. The molecule has 0 nitrogen and oxygen atoms in total. The van der Waals surface area contributed by atoms with E-state index in [1.165, 1.54) is 17.2 Å². The van der Waals surface area contributed by atoms with Gasteiger partial charge in [-0.3, -0.25) is 0 Å². The van der Waals surface area contributed by atoms with Crippen molar-refractivity contribution in [3.63, 3.8) is 0 Å². The van der Waals surface area contributed by atoms with Gasteiger partial charge in [-0.2, -0.15) is 0 Å². The molecule has 0 radical (unpaired) electrons. The summed E-state index contributed by atoms with van der Waals surface area (Å²) in [6.07, 6.45) is 1.81. The molecule has 0 amide bonds. The fourth-order valence-electron chi connectivity index (χ4n) is 2.79. The molecule has 3 heteroatoms. The van der Waals surface area contributed by atoms with E-state index in [9.17, 15) is 4.39 Å². The predicted octanol–water partition coefficient (Wildman–Crippen LogP) is 5.33. The average Bonchev–Trinajstić information content (AvgIpc) is 2.73. The van der Waals surface area contributed by atoms with E-state index in [1.807, 2.05) is 6.07 Å². The monoisotopic (exact) mass is 338 g/mol. The van der Waals surface area contributed by atoms with E-state index in [0.717, 1.165) is 18.4 Å². The summed E-state index contributed by atoms with van der Waals surface area (Å²) in [5, 5.41) is 0.262. The Morgan fingerprint density at radius 3 is 2.74 bits per heavy atom. The summed E-state index contributed by atoms with van der Waals surface area (Å²) in [6, 6.07) is 13.5. The predicted molar refractivity (Wildman–Crippen MR) is 80.4 cm³/mol. The van der Waals surface area contributed by atoms with Crippen LogP contribution in [0.2, 0.25) is 5.02 Å². The van der Waals surface area contributed by atoms with Crippen LogP contribution < -0.4 is 0 Å². The molecule has 0 heterocycles. The molecule has 19 heavy (non-hydrogen) atoms. The van der Waals surface area contributed by atoms with Crippen LogP contribution in [0.25, 0.3) is 0 Å². The summed E-state index contributed by atoms with van der Waals surface area (Å²) >= 11 is 9.81. The Morgan fingerprint density at radius 1 is 1.16 bits per heavy atom. The minimum atomic E-state index is -0.333. The second-order valence-corrected chi connectivity index (χ2v) is 6.35. The zero-order chi connectivity index (χ0) is 13.4. The molecule has 98 valence electrons. The van der Waals surface area contributed by atoms with Crippen molar-refractivity contribution in [3.05, 3.63) is 70.0 Å². The van der Waals surface area contributed by atoms with Gasteiger partial charge in [0.15, 0.2) is 0 Å². The maximum absolute atomic E-state index is 13.5. The molecule has 0 spiro atoms. The van der Waals surface area contributed by atoms with Crippen LogP contribution in [0.1, 0.15) is 21.5 Å². The zero-order valence-corrected chi connectivity index (χ0v) is 12.6. The van der Waals surface area contributed by atoms with Crippen molar-refractivity contribution >= 4 is 27.5 Å². The normalized spacial score (nSPS) is 21.4. The molecule has 0 bridgehead atoms. The number of alkyl halides is 1. The quantitative estimate of drug-likeness (QED) is 0.649. The first-order valence-corrected chi connectivity index (χ1v) is 7.61. The van der Waals surface area contributed by atoms with Crippen molar-refractivity contribution in [2.75, 3.05) is 0 Å². The van der Waals surface area contributed by atoms with Gasteiger partial charge in [-0.15, -0.1) is 0 Å². The fraction of sp³-hybridized carbons (Fsp3) is 0.250. The van der Waals surface area contributed by atoms with Crippen LogP contribution in [-0.2, 0) is 12.8 Å². The van der Waals surface area contributed by atoms with E-state index in [0.29, 0.717) is 10.7 Å². The van der Waals surface area contributed by atoms with Gasteiger partial charge in [-0.1, -0.05) is 63.9 Å². The van der Waals surface area contributed by atoms with Crippen molar-refractivity contribution in [1.82, 2.24) is 0 Å². The van der Waals surface area contributed by atoms with Gasteiger partial charge >= 0.3 is 0 Å². The molecular weight excluding hydrogens is 327 g/mol. The Kier molecular flexibility index (Phi) is 3.64. The maximum atomic E-state index is 13.5. The molecule has 0 aliphatic heterocycles. The third-order valence-corrected chi connectivity index (χ3v) is 5.43. The largest absolute Gasteiger partial charge is 0.205 e. The van der Waals surface area contributed by atoms with Gasteiger partial charge in [0.05, 0.1) is 5.02 Å². The van der Waals surface area contributed by atoms with Crippen molar-refractivity contribution in [3.8, 4) is 0 Å². The van der Waals surface area contributed by atoms with E-state index in [-0.39, 0.29) is 10.8 Å². The molecule has 2 aromatic carbocycles. The molecule has 0 fully saturated rings. The Morgan fingerprint density at radius 2 is 1.95 bits per heavy atom. The van der Waals surface area contributed by atoms with Gasteiger partial charge in [-0.25, -0.2) is 4.39 Å². The van der Waals surface area contributed by atoms with Crippen LogP contribution in [0.5, 0.6) is 0 Å². The molecule has 0 aromatic heterocycles. The number of rotatable bonds is 2. The van der Waals surface area contributed by atoms with Gasteiger partial charge in [-0.05, 0) is 41.5 Å². The standard InChI is InChI=1S/C16H13BrClF/c17-15-12(8-10-4-1-2-6-13(10)15)9-11-5-3-7-14(19)16(11)18/h1-7,12,15H,8-9H2. The summed E-state index contributed by atoms with van der Waals surface area (Å²) in [7, 11) is 0. The van der Waals surface area contributed by atoms with E-state index < -0.39 is 0 Å². The lowest BCUT2D eigenvalue weighted by Gasteiger charge is -2.15. The van der Waals surface area contributed by atoms with Crippen LogP contribution in [0.3, 0.4) is 0 Å². The lowest BCUT2D eigenvalue weighted by Crippen LogP contribution is -2.07. The summed E-state index contributed by atoms with van der Waals surface area (Å²) in [4.78, 5) is 0.322. The summed E-state index contributed by atoms with van der Waals surface area (Å²) in [5.74, 6) is 0.0949. The number of halogens is 3. The lowest BCUT2D eigenvalue weighted by atomic mass is 9.96. The summed E-state index contributed by atoms with van der Waals surface area (Å²) in [6.45, 7) is 0. The molecule has 3 rings (SSSR count). The van der Waals surface area contributed by atoms with Crippen LogP contribution in [-0.4, -0.2) is 0 Å². The number of benzene rings is 2. The van der Waals surface area contributed by atoms with Crippen molar-refractivity contribution in [2.45, 2.75) is 17.7 Å². The van der Waals surface area contributed by atoms with Gasteiger partial charge in [0.2, 0.25) is 0 Å². The van der Waals surface area contributed by atoms with Crippen LogP contribution in [0.15, 0.2) is 42.5 Å². The number of hydrogen-bond acceptors (Lipinski definition) is 0. The molecular formula is C16H13BrClF. The molecule has 0 saturated carbocycles. The highest BCUT2D eigenvalue weighted by molar-refractivity contribution is 9.09. The van der Waals surface area contributed by atoms with Gasteiger partial charge < -0.3 is 0 Å². The lowest BCUT2D eigenvalue weighted by molar-refractivity contribution is 0.551. The van der Waals surface area contributed by atoms with E-state index >= 15 is 0 Å². The van der Waals surface area contributed by atoms with E-state index in [4.69, 9.17) is 11.6 Å². The molecule has 2 aromatic rings. The molecule has 2 unspecified atom stereocenters. The highest BCUT2D eigenvalue weighted by Crippen LogP contribution is 2.44. The van der Waals surface area contributed by atoms with E-state index in [2.05, 4.69) is 40.2 Å². The summed E-state index contributed by atoms with van der Waals surface area (Å²) in [5.41, 5.74) is 3.62. The maximum Gasteiger partial charge on any atom is 0.142 e. The minimum absolute atomic E-state index is 0.262. The second-order valence-electron chi connectivity index (χ2n) is 4.98. The van der Waals surface area contributed by atoms with Crippen molar-refractivity contribution < 1.29 is 4.39 Å².